The average Bonchev–Trinajstić information content (AvgIpc) is 2.99. The summed E-state index contributed by atoms with van der Waals surface area (Å²) in [5.74, 6) is -6.35. The van der Waals surface area contributed by atoms with Crippen LogP contribution in [0.25, 0.3) is 0 Å². The Labute approximate surface area is 215 Å². The summed E-state index contributed by atoms with van der Waals surface area (Å²) < 4.78 is 29.8. The first kappa shape index (κ1) is 26.0. The SMILES string of the molecule is Bc1cc2c(cc1CN(B)C(=O)C(F)(F)c1ccc(Cl)cc1)C(B)(B)N(C1CCC(=O)NC1=O)C2=O. The minimum Gasteiger partial charge on any atom is -0.384 e. The number of alkyl halides is 2. The number of nitrogens with one attached hydrogen (secondary N) is 1. The van der Waals surface area contributed by atoms with E-state index in [1.807, 2.05) is 0 Å². The molecule has 0 radical (unpaired) electrons. The molecule has 4 amide bonds. The van der Waals surface area contributed by atoms with E-state index in [4.69, 9.17) is 11.6 Å². The number of hydrogen-bond acceptors (Lipinski definition) is 4. The molecule has 2 aromatic rings. The van der Waals surface area contributed by atoms with Crippen molar-refractivity contribution in [2.45, 2.75) is 36.7 Å². The van der Waals surface area contributed by atoms with Gasteiger partial charge in [0.15, 0.2) is 0 Å². The van der Waals surface area contributed by atoms with Crippen LogP contribution in [0.1, 0.15) is 39.9 Å². The average molecular weight is 509 g/mol. The van der Waals surface area contributed by atoms with Crippen molar-refractivity contribution < 1.29 is 28.0 Å². The van der Waals surface area contributed by atoms with Gasteiger partial charge in [-0.3, -0.25) is 24.5 Å². The highest BCUT2D eigenvalue weighted by atomic mass is 35.5. The third-order valence-electron chi connectivity index (χ3n) is 6.94. The molecule has 0 aromatic heterocycles. The van der Waals surface area contributed by atoms with E-state index < -0.39 is 34.7 Å². The molecule has 1 N–H and O–H groups in total. The van der Waals surface area contributed by atoms with Crippen LogP contribution >= 0.6 is 11.6 Å². The molecule has 0 saturated carbocycles. The standard InChI is InChI=1S/C22H22B4ClF2N3O4/c23-15-8-13-14(22(24,25)32(19(13)35)16-5-6-17(33)30-18(16)34)7-10(15)9-31(26)20(36)21(28,29)11-1-3-12(27)4-2-11/h1-4,7-8,16H,5-6,9,23-26H2,(H,30,33,34). The number of fused-ring (bicyclic) bond motifs is 1. The van der Waals surface area contributed by atoms with E-state index in [9.17, 15) is 28.0 Å². The fraction of sp³-hybridized carbons (Fsp3) is 0.273. The number of carbonyl (C=O) groups is 4. The Bertz CT molecular complexity index is 1290. The van der Waals surface area contributed by atoms with Crippen molar-refractivity contribution in [2.24, 2.45) is 0 Å². The van der Waals surface area contributed by atoms with Crippen LogP contribution in [0.2, 0.25) is 5.02 Å². The van der Waals surface area contributed by atoms with Gasteiger partial charge in [0.2, 0.25) is 19.8 Å². The lowest BCUT2D eigenvalue weighted by Crippen LogP contribution is -2.59. The number of halogens is 3. The summed E-state index contributed by atoms with van der Waals surface area (Å²) in [5, 5.41) is 1.68. The third kappa shape index (κ3) is 4.34. The molecular weight excluding hydrogens is 487 g/mol. The minimum absolute atomic E-state index is 0.107. The van der Waals surface area contributed by atoms with E-state index in [1.54, 1.807) is 35.7 Å². The van der Waals surface area contributed by atoms with Gasteiger partial charge in [-0.05, 0) is 29.7 Å². The van der Waals surface area contributed by atoms with Crippen LogP contribution in [0.15, 0.2) is 36.4 Å². The fourth-order valence-electron chi connectivity index (χ4n) is 4.93. The summed E-state index contributed by atoms with van der Waals surface area (Å²) in [6, 6.07) is 7.43. The zero-order valence-electron chi connectivity index (χ0n) is 20.3. The summed E-state index contributed by atoms with van der Waals surface area (Å²) >= 11 is 5.78. The van der Waals surface area contributed by atoms with Gasteiger partial charge in [0, 0.05) is 34.5 Å². The summed E-state index contributed by atoms with van der Waals surface area (Å²) in [6.45, 7) is -0.107. The normalized spacial score (nSPS) is 19.1. The molecule has 36 heavy (non-hydrogen) atoms. The van der Waals surface area contributed by atoms with Crippen molar-refractivity contribution in [3.05, 3.63) is 63.7 Å². The molecule has 4 rings (SSSR count). The minimum atomic E-state index is -3.75. The number of amides is 4. The van der Waals surface area contributed by atoms with E-state index in [2.05, 4.69) is 5.32 Å². The molecule has 2 aliphatic heterocycles. The molecule has 2 aliphatic rings. The van der Waals surface area contributed by atoms with Crippen LogP contribution in [0.3, 0.4) is 0 Å². The monoisotopic (exact) mass is 509 g/mol. The lowest BCUT2D eigenvalue weighted by Gasteiger charge is -2.40. The molecule has 1 atom stereocenters. The fourth-order valence-corrected chi connectivity index (χ4v) is 5.05. The van der Waals surface area contributed by atoms with Crippen LogP contribution in [-0.4, -0.2) is 70.9 Å². The Kier molecular flexibility index (Phi) is 6.58. The molecule has 182 valence electrons. The molecule has 0 bridgehead atoms. The quantitative estimate of drug-likeness (QED) is 0.370. The molecule has 0 aliphatic carbocycles. The van der Waals surface area contributed by atoms with Crippen molar-refractivity contribution in [3.8, 4) is 0 Å². The Balaban J connectivity index is 1.61. The molecule has 14 heteroatoms. The van der Waals surface area contributed by atoms with Crippen molar-refractivity contribution in [1.29, 1.82) is 0 Å². The molecule has 2 aromatic carbocycles. The summed E-state index contributed by atoms with van der Waals surface area (Å²) in [5.41, 5.74) is 1.83. The van der Waals surface area contributed by atoms with E-state index in [0.717, 1.165) is 16.9 Å². The predicted octanol–water partition coefficient (Wildman–Crippen LogP) is -2.10. The van der Waals surface area contributed by atoms with Crippen LogP contribution in [0.5, 0.6) is 0 Å². The van der Waals surface area contributed by atoms with Gasteiger partial charge in [-0.15, -0.1) is 0 Å². The predicted molar refractivity (Wildman–Crippen MR) is 140 cm³/mol. The van der Waals surface area contributed by atoms with Gasteiger partial charge in [0.05, 0.1) is 0 Å². The molecule has 1 unspecified atom stereocenters. The van der Waals surface area contributed by atoms with Crippen molar-refractivity contribution in [3.63, 3.8) is 0 Å². The molecule has 1 fully saturated rings. The van der Waals surface area contributed by atoms with Crippen LogP contribution in [-0.2, 0) is 32.2 Å². The van der Waals surface area contributed by atoms with E-state index in [-0.39, 0.29) is 36.2 Å². The number of imide groups is 1. The van der Waals surface area contributed by atoms with E-state index >= 15 is 0 Å². The Morgan fingerprint density at radius 1 is 1.19 bits per heavy atom. The van der Waals surface area contributed by atoms with Gasteiger partial charge in [-0.2, -0.15) is 8.78 Å². The van der Waals surface area contributed by atoms with E-state index in [1.165, 1.54) is 25.0 Å². The number of piperidine rings is 1. The first-order valence-electron chi connectivity index (χ1n) is 11.5. The lowest BCUT2D eigenvalue weighted by atomic mass is 9.57. The highest BCUT2D eigenvalue weighted by Crippen LogP contribution is 2.38. The van der Waals surface area contributed by atoms with Crippen molar-refractivity contribution in [2.75, 3.05) is 0 Å². The molecule has 0 spiro atoms. The maximum atomic E-state index is 14.9. The van der Waals surface area contributed by atoms with Crippen LogP contribution < -0.4 is 10.8 Å². The number of nitrogens with zero attached hydrogens (tertiary/aromatic N) is 2. The van der Waals surface area contributed by atoms with Crippen molar-refractivity contribution >= 4 is 72.2 Å². The Hall–Kier alpha value is -3.07. The second-order valence-electron chi connectivity index (χ2n) is 9.77. The zero-order valence-corrected chi connectivity index (χ0v) is 21.1. The number of carbonyl (C=O) groups excluding carboxylic acids is 4. The topological polar surface area (TPSA) is 86.8 Å². The first-order valence-corrected chi connectivity index (χ1v) is 11.8. The number of hydrogen-bond donors (Lipinski definition) is 1. The molecule has 7 nitrogen and oxygen atoms in total. The molecule has 1 saturated heterocycles. The van der Waals surface area contributed by atoms with Gasteiger partial charge in [0.25, 0.3) is 11.8 Å². The maximum absolute atomic E-state index is 14.9. The summed E-state index contributed by atoms with van der Waals surface area (Å²) in [4.78, 5) is 52.6. The number of rotatable bonds is 5. The number of benzene rings is 2. The van der Waals surface area contributed by atoms with E-state index in [0.29, 0.717) is 22.2 Å². The Morgan fingerprint density at radius 3 is 2.44 bits per heavy atom. The summed E-state index contributed by atoms with van der Waals surface area (Å²) in [6.07, 6.45) is 0.350. The van der Waals surface area contributed by atoms with Gasteiger partial charge < -0.3 is 9.71 Å². The highest BCUT2D eigenvalue weighted by molar-refractivity contribution is 6.43. The van der Waals surface area contributed by atoms with Crippen LogP contribution in [0.4, 0.5) is 8.78 Å². The molecule has 2 heterocycles. The van der Waals surface area contributed by atoms with Gasteiger partial charge in [-0.25, -0.2) is 0 Å². The Morgan fingerprint density at radius 2 is 1.83 bits per heavy atom. The lowest BCUT2D eigenvalue weighted by molar-refractivity contribution is -0.154. The van der Waals surface area contributed by atoms with Gasteiger partial charge >= 0.3 is 5.92 Å². The summed E-state index contributed by atoms with van der Waals surface area (Å²) in [7, 11) is 6.62. The first-order chi connectivity index (χ1) is 16.7. The second-order valence-corrected chi connectivity index (χ2v) is 10.2. The third-order valence-corrected chi connectivity index (χ3v) is 7.19. The van der Waals surface area contributed by atoms with Gasteiger partial charge in [0.1, 0.15) is 29.6 Å². The van der Waals surface area contributed by atoms with Crippen molar-refractivity contribution in [1.82, 2.24) is 15.0 Å². The second kappa shape index (κ2) is 9.10. The zero-order chi connectivity index (χ0) is 26.6. The van der Waals surface area contributed by atoms with Gasteiger partial charge in [-0.1, -0.05) is 41.3 Å². The smallest absolute Gasteiger partial charge is 0.348 e. The largest absolute Gasteiger partial charge is 0.384 e. The highest BCUT2D eigenvalue weighted by Gasteiger charge is 2.49. The molecular formula is C22H22B4ClF2N3O4. The maximum Gasteiger partial charge on any atom is 0.348 e. The van der Waals surface area contributed by atoms with Crippen LogP contribution in [0, 0.1) is 0 Å².